The van der Waals surface area contributed by atoms with Crippen LogP contribution in [0, 0.1) is 0 Å². The van der Waals surface area contributed by atoms with Gasteiger partial charge >= 0.3 is 0 Å². The van der Waals surface area contributed by atoms with E-state index >= 15 is 0 Å². The maximum atomic E-state index is 8.33. The first-order valence-electron chi connectivity index (χ1n) is 11.7. The van der Waals surface area contributed by atoms with Crippen LogP contribution >= 0.6 is 0 Å². The van der Waals surface area contributed by atoms with Gasteiger partial charge in [-0.05, 0) is 61.5 Å². The van der Waals surface area contributed by atoms with E-state index in [1.165, 1.54) is 39.0 Å². The fourth-order valence-corrected chi connectivity index (χ4v) is 3.11. The van der Waals surface area contributed by atoms with Crippen LogP contribution in [0.4, 0.5) is 4.79 Å². The molecule has 0 aromatic rings. The zero-order chi connectivity index (χ0) is 24.2. The predicted octanol–water partition coefficient (Wildman–Crippen LogP) is 2.13. The van der Waals surface area contributed by atoms with Gasteiger partial charge in [0.2, 0.25) is 0 Å². The zero-order valence-corrected chi connectivity index (χ0v) is 21.7. The topological polar surface area (TPSA) is 81.7 Å². The summed E-state index contributed by atoms with van der Waals surface area (Å²) >= 11 is 0. The number of hydrogen-bond acceptors (Lipinski definition) is 5. The Balaban J connectivity index is -0.000000412. The average Bonchev–Trinajstić information content (AvgIpc) is 2.72. The van der Waals surface area contributed by atoms with Crippen molar-refractivity contribution in [3.8, 4) is 0 Å². The molecule has 0 saturated carbocycles. The molecule has 2 unspecified atom stereocenters. The second-order valence-corrected chi connectivity index (χ2v) is 8.14. The van der Waals surface area contributed by atoms with Crippen LogP contribution in [0.25, 0.3) is 0 Å². The molecule has 0 saturated heterocycles. The molecule has 0 spiro atoms. The Labute approximate surface area is 187 Å². The number of carboxylic acid groups (broad SMARTS) is 2. The molecule has 7 heteroatoms. The van der Waals surface area contributed by atoms with Crippen molar-refractivity contribution in [3.05, 3.63) is 0 Å². The molecule has 0 heterocycles. The van der Waals surface area contributed by atoms with Gasteiger partial charge < -0.3 is 33.4 Å². The van der Waals surface area contributed by atoms with Crippen molar-refractivity contribution >= 4 is 6.16 Å². The molecule has 7 nitrogen and oxygen atoms in total. The lowest BCUT2D eigenvalue weighted by atomic mass is 10.1. The number of hydrogen-bond donors (Lipinski definition) is 0. The number of quaternary nitrogens is 2. The van der Waals surface area contributed by atoms with Crippen molar-refractivity contribution in [2.75, 3.05) is 66.7 Å². The van der Waals surface area contributed by atoms with Crippen molar-refractivity contribution in [3.63, 3.8) is 0 Å². The van der Waals surface area contributed by atoms with Gasteiger partial charge in [-0.2, -0.15) is 0 Å². The first-order valence-corrected chi connectivity index (χ1v) is 11.7. The van der Waals surface area contributed by atoms with Gasteiger partial charge in [0.1, 0.15) is 0 Å². The normalized spacial score (nSPS) is 13.4. The standard InChI is InChI=1S/2C11H26NO.CH2O3/c2*1-6-12(5,7-2)11(4)9-10-13-8-3;2-1(3)4/h2*11H,6-10H2,1-5H3;(H2,2,3,4)/q2*+1;/p-2. The van der Waals surface area contributed by atoms with Crippen molar-refractivity contribution in [1.82, 2.24) is 0 Å². The maximum absolute atomic E-state index is 8.33. The molecule has 0 aliphatic carbocycles. The van der Waals surface area contributed by atoms with Gasteiger partial charge in [-0.3, -0.25) is 0 Å². The van der Waals surface area contributed by atoms with E-state index in [-0.39, 0.29) is 0 Å². The van der Waals surface area contributed by atoms with Crippen molar-refractivity contribution < 1.29 is 33.4 Å². The maximum Gasteiger partial charge on any atom is 0.0881 e. The molecular weight excluding hydrogens is 384 g/mol. The molecule has 0 aromatic carbocycles. The van der Waals surface area contributed by atoms with Crippen LogP contribution in [0.2, 0.25) is 0 Å². The summed E-state index contributed by atoms with van der Waals surface area (Å²) in [5.74, 6) is 0. The highest BCUT2D eigenvalue weighted by atomic mass is 16.6. The van der Waals surface area contributed by atoms with E-state index in [0.29, 0.717) is 12.1 Å². The lowest BCUT2D eigenvalue weighted by Gasteiger charge is -2.38. The fourth-order valence-electron chi connectivity index (χ4n) is 3.11. The highest BCUT2D eigenvalue weighted by Gasteiger charge is 2.25. The molecule has 0 radical (unpaired) electrons. The van der Waals surface area contributed by atoms with E-state index in [4.69, 9.17) is 24.5 Å². The summed E-state index contributed by atoms with van der Waals surface area (Å²) < 4.78 is 13.1. The zero-order valence-electron chi connectivity index (χ0n) is 21.7. The molecule has 30 heavy (non-hydrogen) atoms. The number of carbonyl (C=O) groups is 1. The van der Waals surface area contributed by atoms with E-state index in [1.54, 1.807) is 0 Å². The average molecular weight is 437 g/mol. The van der Waals surface area contributed by atoms with E-state index in [1.807, 2.05) is 0 Å². The largest absolute Gasteiger partial charge is 0.652 e. The summed E-state index contributed by atoms with van der Waals surface area (Å²) in [7, 11) is 4.66. The summed E-state index contributed by atoms with van der Waals surface area (Å²) in [6.07, 6.45) is 0.0119. The molecule has 2 atom stereocenters. The Kier molecular flexibility index (Phi) is 22.5. The van der Waals surface area contributed by atoms with Gasteiger partial charge in [0, 0.05) is 26.1 Å². The van der Waals surface area contributed by atoms with E-state index in [0.717, 1.165) is 35.4 Å². The minimum atomic E-state index is -2.33. The van der Waals surface area contributed by atoms with Crippen molar-refractivity contribution in [2.24, 2.45) is 0 Å². The van der Waals surface area contributed by atoms with Crippen LogP contribution < -0.4 is 10.2 Å². The smallest absolute Gasteiger partial charge is 0.0881 e. The summed E-state index contributed by atoms with van der Waals surface area (Å²) in [6.45, 7) is 26.2. The van der Waals surface area contributed by atoms with Crippen molar-refractivity contribution in [2.45, 2.75) is 80.3 Å². The highest BCUT2D eigenvalue weighted by Crippen LogP contribution is 2.13. The van der Waals surface area contributed by atoms with Gasteiger partial charge in [0.05, 0.1) is 65.6 Å². The molecule has 184 valence electrons. The Bertz CT molecular complexity index is 352. The number of rotatable bonds is 14. The molecule has 0 bridgehead atoms. The summed E-state index contributed by atoms with van der Waals surface area (Å²) in [5.41, 5.74) is 0. The minimum absolute atomic E-state index is 0.710. The third-order valence-electron chi connectivity index (χ3n) is 6.79. The fraction of sp³-hybridized carbons (Fsp3) is 0.957. The SMILES string of the molecule is CCOCCC(C)[N+](C)(CC)CC.CCOCCC(C)[N+](C)(CC)CC.O=C([O-])[O-]. The lowest BCUT2D eigenvalue weighted by Crippen LogP contribution is -2.50. The summed E-state index contributed by atoms with van der Waals surface area (Å²) in [6, 6.07) is 1.42. The third-order valence-corrected chi connectivity index (χ3v) is 6.79. The molecule has 0 fully saturated rings. The van der Waals surface area contributed by atoms with Gasteiger partial charge in [-0.1, -0.05) is 0 Å². The Hall–Kier alpha value is -0.890. The summed E-state index contributed by atoms with van der Waals surface area (Å²) in [4.78, 5) is 8.33. The van der Waals surface area contributed by atoms with Gasteiger partial charge in [-0.25, -0.2) is 0 Å². The van der Waals surface area contributed by atoms with Crippen LogP contribution in [-0.2, 0) is 9.47 Å². The van der Waals surface area contributed by atoms with Crippen LogP contribution in [0.3, 0.4) is 0 Å². The summed E-state index contributed by atoms with van der Waals surface area (Å²) in [5, 5.41) is 16.7. The third kappa shape index (κ3) is 16.9. The van der Waals surface area contributed by atoms with E-state index in [2.05, 4.69) is 69.5 Å². The Morgan fingerprint density at radius 3 is 1.10 bits per heavy atom. The number of nitrogens with zero attached hydrogens (tertiary/aromatic N) is 2. The van der Waals surface area contributed by atoms with Gasteiger partial charge in [0.15, 0.2) is 0 Å². The Morgan fingerprint density at radius 2 is 0.933 bits per heavy atom. The Morgan fingerprint density at radius 1 is 0.700 bits per heavy atom. The molecule has 0 amide bonds. The number of ether oxygens (including phenoxy) is 2. The monoisotopic (exact) mass is 436 g/mol. The predicted molar refractivity (Wildman–Crippen MR) is 121 cm³/mol. The van der Waals surface area contributed by atoms with E-state index in [9.17, 15) is 0 Å². The van der Waals surface area contributed by atoms with Crippen LogP contribution in [0.1, 0.15) is 68.2 Å². The first-order chi connectivity index (χ1) is 13.9. The second-order valence-electron chi connectivity index (χ2n) is 8.14. The molecule has 0 aromatic heterocycles. The molecule has 0 rings (SSSR count). The van der Waals surface area contributed by atoms with Crippen LogP contribution in [0.15, 0.2) is 0 Å². The van der Waals surface area contributed by atoms with Crippen molar-refractivity contribution in [1.29, 1.82) is 0 Å². The first kappa shape index (κ1) is 33.7. The van der Waals surface area contributed by atoms with E-state index < -0.39 is 6.16 Å². The molecule has 0 aliphatic heterocycles. The second kappa shape index (κ2) is 20.0. The lowest BCUT2D eigenvalue weighted by molar-refractivity contribution is -0.928. The molecule has 0 N–H and O–H groups in total. The van der Waals surface area contributed by atoms with Gasteiger partial charge in [-0.15, -0.1) is 0 Å². The quantitative estimate of drug-likeness (QED) is 0.308. The minimum Gasteiger partial charge on any atom is -0.652 e. The molecule has 0 aliphatic rings. The van der Waals surface area contributed by atoms with Gasteiger partial charge in [0.25, 0.3) is 0 Å². The number of carbonyl (C=O) groups excluding carboxylic acids is 1. The molecular formula is C23H52N2O5. The van der Waals surface area contributed by atoms with Crippen LogP contribution in [0.5, 0.6) is 0 Å². The van der Waals surface area contributed by atoms with Crippen LogP contribution in [-0.4, -0.2) is 93.9 Å². The highest BCUT2D eigenvalue weighted by molar-refractivity contribution is 5.47.